The predicted octanol–water partition coefficient (Wildman–Crippen LogP) is 21.3. The summed E-state index contributed by atoms with van der Waals surface area (Å²) >= 11 is 0. The maximum Gasteiger partial charge on any atom is 0.159 e. The number of fused-ring (bicyclic) bond motifs is 13. The summed E-state index contributed by atoms with van der Waals surface area (Å²) in [7, 11) is -4.35. The van der Waals surface area contributed by atoms with E-state index in [9.17, 15) is 0 Å². The topological polar surface area (TPSA) is 32.8 Å². The first-order valence-corrected chi connectivity index (χ1v) is 39.2. The molecule has 0 amide bonds. The van der Waals surface area contributed by atoms with E-state index in [-0.39, 0.29) is 0 Å². The van der Waals surface area contributed by atoms with Gasteiger partial charge < -0.3 is 18.6 Å². The van der Waals surface area contributed by atoms with Crippen LogP contribution in [0.5, 0.6) is 0 Å². The van der Waals surface area contributed by atoms with Gasteiger partial charge in [-0.05, 0) is 113 Å². The Morgan fingerprint density at radius 2 is 0.737 bits per heavy atom. The van der Waals surface area contributed by atoms with Gasteiger partial charge in [0, 0.05) is 43.4 Å². The summed E-state index contributed by atoms with van der Waals surface area (Å²) in [4.78, 5) is 5.00. The fraction of sp³-hybridized carbons (Fsp3) is 0.0323. The standard InChI is InChI=1S/C93H66N2O2Si2/c1-98(67-38-12-5-13-39-67)86-56-28-50-76-74-48-27-55-84(90(74)96-91(76)86)95(82-53-25-33-63-31-19-21-45-71(63)82)85-61-80-88(73-47-23-22-46-72(73)85)78-59-58-66(60-79(78)93(80,64-34-8-3-9-35-64)65-36-10-4-11-37-65)94(81-52-24-32-62-30-18-20-44-70(62)81)83-54-26-49-75-77-51-29-57-87(92(77)97-89(75)83)99(2,68-40-14-6-15-41-68)69-42-16-7-17-43-69/h3-61,98H,1-2H3. The van der Waals surface area contributed by atoms with Crippen molar-refractivity contribution in [2.24, 2.45) is 0 Å². The summed E-state index contributed by atoms with van der Waals surface area (Å²) < 4.78 is 15.3. The highest BCUT2D eigenvalue weighted by atomic mass is 28.3. The lowest BCUT2D eigenvalue weighted by atomic mass is 9.67. The van der Waals surface area contributed by atoms with Gasteiger partial charge in [0.25, 0.3) is 0 Å². The van der Waals surface area contributed by atoms with Gasteiger partial charge in [0.05, 0.1) is 33.9 Å². The van der Waals surface area contributed by atoms with Crippen molar-refractivity contribution in [3.63, 3.8) is 0 Å². The Morgan fingerprint density at radius 1 is 0.313 bits per heavy atom. The third-order valence-corrected chi connectivity index (χ3v) is 28.8. The Kier molecular flexibility index (Phi) is 13.8. The molecule has 2 aromatic heterocycles. The third-order valence-electron chi connectivity index (χ3n) is 21.6. The molecule has 1 aliphatic rings. The van der Waals surface area contributed by atoms with E-state index in [2.05, 4.69) is 381 Å². The lowest BCUT2D eigenvalue weighted by Crippen LogP contribution is -2.64. The van der Waals surface area contributed by atoms with Gasteiger partial charge in [-0.3, -0.25) is 0 Å². The average Bonchev–Trinajstić information content (AvgIpc) is 1.53. The van der Waals surface area contributed by atoms with Crippen LogP contribution in [0.25, 0.3) is 87.3 Å². The second-order valence-corrected chi connectivity index (χ2v) is 33.3. The van der Waals surface area contributed by atoms with E-state index >= 15 is 0 Å². The molecule has 0 saturated carbocycles. The molecule has 18 aromatic rings. The van der Waals surface area contributed by atoms with Crippen LogP contribution in [0.4, 0.5) is 34.1 Å². The minimum absolute atomic E-state index is 0.833. The quantitative estimate of drug-likeness (QED) is 0.0851. The first kappa shape index (κ1) is 58.3. The Balaban J connectivity index is 0.887. The smallest absolute Gasteiger partial charge is 0.159 e. The average molecular weight is 1300 g/mol. The molecule has 0 saturated heterocycles. The van der Waals surface area contributed by atoms with Gasteiger partial charge in [-0.1, -0.05) is 334 Å². The van der Waals surface area contributed by atoms with Crippen LogP contribution < -0.4 is 35.7 Å². The summed E-state index contributed by atoms with van der Waals surface area (Å²) in [5, 5.41) is 17.8. The van der Waals surface area contributed by atoms with Gasteiger partial charge in [0.2, 0.25) is 0 Å². The van der Waals surface area contributed by atoms with Crippen molar-refractivity contribution in [2.75, 3.05) is 9.80 Å². The second-order valence-electron chi connectivity index (χ2n) is 26.7. The molecule has 16 aromatic carbocycles. The number of furan rings is 2. The lowest BCUT2D eigenvalue weighted by molar-refractivity contribution is 0.671. The summed E-state index contributed by atoms with van der Waals surface area (Å²) in [6, 6.07) is 133. The normalized spacial score (nSPS) is 13.0. The van der Waals surface area contributed by atoms with E-state index in [0.29, 0.717) is 0 Å². The second kappa shape index (κ2) is 23.4. The van der Waals surface area contributed by atoms with Crippen LogP contribution in [-0.2, 0) is 5.41 Å². The molecule has 468 valence electrons. The molecule has 6 heteroatoms. The van der Waals surface area contributed by atoms with E-state index in [4.69, 9.17) is 8.83 Å². The van der Waals surface area contributed by atoms with Gasteiger partial charge in [-0.2, -0.15) is 0 Å². The molecule has 1 unspecified atom stereocenters. The van der Waals surface area contributed by atoms with E-state index in [1.165, 1.54) is 59.3 Å². The third kappa shape index (κ3) is 8.96. The van der Waals surface area contributed by atoms with Crippen LogP contribution >= 0.6 is 0 Å². The lowest BCUT2D eigenvalue weighted by Gasteiger charge is -2.36. The predicted molar refractivity (Wildman–Crippen MR) is 422 cm³/mol. The van der Waals surface area contributed by atoms with Crippen LogP contribution in [-0.4, -0.2) is 16.9 Å². The zero-order valence-corrected chi connectivity index (χ0v) is 57.0. The maximum atomic E-state index is 7.71. The van der Waals surface area contributed by atoms with Crippen molar-refractivity contribution in [3.05, 3.63) is 380 Å². The zero-order valence-electron chi connectivity index (χ0n) is 54.9. The van der Waals surface area contributed by atoms with E-state index in [1.807, 2.05) is 0 Å². The highest BCUT2D eigenvalue weighted by Crippen LogP contribution is 2.62. The van der Waals surface area contributed by atoms with Crippen molar-refractivity contribution < 1.29 is 8.83 Å². The number of hydrogen-bond acceptors (Lipinski definition) is 4. The Morgan fingerprint density at radius 3 is 1.33 bits per heavy atom. The van der Waals surface area contributed by atoms with Crippen molar-refractivity contribution in [1.29, 1.82) is 0 Å². The highest BCUT2D eigenvalue weighted by molar-refractivity contribution is 7.11. The van der Waals surface area contributed by atoms with Crippen LogP contribution in [0.3, 0.4) is 0 Å². The van der Waals surface area contributed by atoms with Gasteiger partial charge in [-0.15, -0.1) is 0 Å². The molecule has 19 rings (SSSR count). The molecule has 1 aliphatic carbocycles. The van der Waals surface area contributed by atoms with Gasteiger partial charge in [-0.25, -0.2) is 0 Å². The zero-order chi connectivity index (χ0) is 65.8. The number of nitrogens with zero attached hydrogens (tertiary/aromatic N) is 2. The molecule has 1 atom stereocenters. The fourth-order valence-corrected chi connectivity index (χ4v) is 22.8. The number of anilines is 6. The maximum absolute atomic E-state index is 7.71. The first-order valence-electron chi connectivity index (χ1n) is 34.4. The van der Waals surface area contributed by atoms with Crippen molar-refractivity contribution >= 4 is 153 Å². The molecule has 0 aliphatic heterocycles. The monoisotopic (exact) mass is 1300 g/mol. The van der Waals surface area contributed by atoms with Crippen LogP contribution in [0.15, 0.2) is 367 Å². The van der Waals surface area contributed by atoms with Crippen LogP contribution in [0.2, 0.25) is 13.1 Å². The Hall–Kier alpha value is -12.1. The molecular weight excluding hydrogens is 1230 g/mol. The summed E-state index contributed by atoms with van der Waals surface area (Å²) in [6.45, 7) is 4.91. The summed E-state index contributed by atoms with van der Waals surface area (Å²) in [5.41, 5.74) is 15.9. The summed E-state index contributed by atoms with van der Waals surface area (Å²) in [6.07, 6.45) is 0. The van der Waals surface area contributed by atoms with Crippen molar-refractivity contribution in [3.8, 4) is 11.1 Å². The molecule has 0 bridgehead atoms. The Bertz CT molecular complexity index is 6080. The molecule has 4 nitrogen and oxygen atoms in total. The first-order chi connectivity index (χ1) is 48.9. The van der Waals surface area contributed by atoms with Gasteiger partial charge in [0.1, 0.15) is 28.0 Å². The Labute approximate surface area is 577 Å². The molecule has 0 fully saturated rings. The SMILES string of the molecule is C[SiH](c1ccccc1)c1cccc2c1oc1c(N(c3cccc4ccccc34)c3cc4c(c5ccccc35)-c3ccc(N(c5cccc6ccccc56)c5cccc6c5oc5c([Si](C)(c7ccccc7)c7ccccc7)cccc56)cc3C4(c3ccccc3)c3ccccc3)cccc12. The van der Waals surface area contributed by atoms with E-state index in [0.717, 1.165) is 110 Å². The minimum Gasteiger partial charge on any atom is -0.454 e. The molecule has 0 N–H and O–H groups in total. The number of rotatable bonds is 13. The molecule has 2 heterocycles. The van der Waals surface area contributed by atoms with Crippen molar-refractivity contribution in [2.45, 2.75) is 18.5 Å². The van der Waals surface area contributed by atoms with Crippen LogP contribution in [0, 0.1) is 0 Å². The van der Waals surface area contributed by atoms with Crippen molar-refractivity contribution in [1.82, 2.24) is 0 Å². The number of para-hydroxylation sites is 4. The fourth-order valence-electron chi connectivity index (χ4n) is 16.9. The molecule has 0 spiro atoms. The number of benzene rings is 16. The van der Waals surface area contributed by atoms with E-state index in [1.54, 1.807) is 0 Å². The van der Waals surface area contributed by atoms with Gasteiger partial charge in [0.15, 0.2) is 11.2 Å². The molecule has 0 radical (unpaired) electrons. The molecular formula is C93H66N2O2Si2. The number of hydrogen-bond donors (Lipinski definition) is 0. The van der Waals surface area contributed by atoms with Gasteiger partial charge >= 0.3 is 0 Å². The largest absolute Gasteiger partial charge is 0.454 e. The van der Waals surface area contributed by atoms with E-state index < -0.39 is 22.3 Å². The molecule has 99 heavy (non-hydrogen) atoms. The minimum atomic E-state index is -2.67. The summed E-state index contributed by atoms with van der Waals surface area (Å²) in [5.74, 6) is 0. The highest BCUT2D eigenvalue weighted by Gasteiger charge is 2.48. The van der Waals surface area contributed by atoms with Crippen LogP contribution in [0.1, 0.15) is 22.3 Å².